The summed E-state index contributed by atoms with van der Waals surface area (Å²) in [4.78, 5) is 25.3. The monoisotopic (exact) mass is 559 g/mol. The third-order valence-corrected chi connectivity index (χ3v) is 7.62. The topological polar surface area (TPSA) is 82.5 Å². The summed E-state index contributed by atoms with van der Waals surface area (Å²) in [7, 11) is 0. The van der Waals surface area contributed by atoms with E-state index in [1.165, 1.54) is 11.5 Å². The Labute approximate surface area is 235 Å². The summed E-state index contributed by atoms with van der Waals surface area (Å²) in [6, 6.07) is 23.5. The average Bonchev–Trinajstić information content (AvgIpc) is 3.51. The van der Waals surface area contributed by atoms with Gasteiger partial charge in [0.1, 0.15) is 13.2 Å². The SMILES string of the molecule is CCOC(=O)Cn1ccc2cc(-c3ccc(-c4snc(C)c4NC(=O)OCc4ccccc4Cl)cc3)ccc21. The first-order chi connectivity index (χ1) is 18.9. The Morgan fingerprint density at radius 1 is 0.974 bits per heavy atom. The average molecular weight is 560 g/mol. The second-order valence-corrected chi connectivity index (χ2v) is 10.0. The predicted octanol–water partition coefficient (Wildman–Crippen LogP) is 7.71. The van der Waals surface area contributed by atoms with Crippen LogP contribution in [0, 0.1) is 6.92 Å². The van der Waals surface area contributed by atoms with Crippen LogP contribution in [0.1, 0.15) is 18.2 Å². The summed E-state index contributed by atoms with van der Waals surface area (Å²) in [5, 5.41) is 4.44. The molecule has 5 aromatic rings. The van der Waals surface area contributed by atoms with Gasteiger partial charge in [0.25, 0.3) is 0 Å². The van der Waals surface area contributed by atoms with Gasteiger partial charge < -0.3 is 14.0 Å². The van der Waals surface area contributed by atoms with Crippen molar-refractivity contribution in [3.63, 3.8) is 0 Å². The van der Waals surface area contributed by atoms with Crippen LogP contribution >= 0.6 is 23.1 Å². The normalized spacial score (nSPS) is 10.9. The van der Waals surface area contributed by atoms with E-state index >= 15 is 0 Å². The number of halogens is 1. The fourth-order valence-corrected chi connectivity index (χ4v) is 5.33. The zero-order valence-corrected chi connectivity index (χ0v) is 23.0. The highest BCUT2D eigenvalue weighted by molar-refractivity contribution is 7.10. The van der Waals surface area contributed by atoms with Crippen molar-refractivity contribution in [2.45, 2.75) is 27.0 Å². The lowest BCUT2D eigenvalue weighted by Gasteiger charge is -2.10. The highest BCUT2D eigenvalue weighted by atomic mass is 35.5. The highest BCUT2D eigenvalue weighted by Crippen LogP contribution is 2.36. The van der Waals surface area contributed by atoms with Crippen LogP contribution in [0.3, 0.4) is 0 Å². The van der Waals surface area contributed by atoms with E-state index < -0.39 is 6.09 Å². The molecule has 5 rings (SSSR count). The molecule has 2 aromatic heterocycles. The minimum atomic E-state index is -0.570. The predicted molar refractivity (Wildman–Crippen MR) is 155 cm³/mol. The Bertz CT molecular complexity index is 1640. The lowest BCUT2D eigenvalue weighted by molar-refractivity contribution is -0.143. The van der Waals surface area contributed by atoms with Crippen molar-refractivity contribution in [1.29, 1.82) is 0 Å². The van der Waals surface area contributed by atoms with Crippen LogP contribution < -0.4 is 5.32 Å². The number of carbonyl (C=O) groups is 2. The molecule has 0 radical (unpaired) electrons. The summed E-state index contributed by atoms with van der Waals surface area (Å²) < 4.78 is 16.8. The van der Waals surface area contributed by atoms with E-state index in [9.17, 15) is 9.59 Å². The third-order valence-electron chi connectivity index (χ3n) is 6.26. The summed E-state index contributed by atoms with van der Waals surface area (Å²) in [5.74, 6) is -0.254. The van der Waals surface area contributed by atoms with Gasteiger partial charge in [-0.15, -0.1) is 0 Å². The number of fused-ring (bicyclic) bond motifs is 1. The summed E-state index contributed by atoms with van der Waals surface area (Å²) in [6.45, 7) is 4.27. The summed E-state index contributed by atoms with van der Waals surface area (Å²) >= 11 is 7.48. The van der Waals surface area contributed by atoms with Gasteiger partial charge in [-0.1, -0.05) is 60.1 Å². The van der Waals surface area contributed by atoms with E-state index in [0.29, 0.717) is 23.0 Å². The van der Waals surface area contributed by atoms with Crippen LogP contribution in [0.4, 0.5) is 10.5 Å². The number of hydrogen-bond donors (Lipinski definition) is 1. The summed E-state index contributed by atoms with van der Waals surface area (Å²) in [5.41, 5.74) is 6.10. The Morgan fingerprint density at radius 3 is 2.49 bits per heavy atom. The number of amides is 1. The first-order valence-corrected chi connectivity index (χ1v) is 13.6. The molecule has 0 saturated carbocycles. The molecule has 39 heavy (non-hydrogen) atoms. The third kappa shape index (κ3) is 5.97. The largest absolute Gasteiger partial charge is 0.465 e. The molecule has 9 heteroatoms. The fourth-order valence-electron chi connectivity index (χ4n) is 4.29. The van der Waals surface area contributed by atoms with Crippen LogP contribution in [0.2, 0.25) is 5.02 Å². The van der Waals surface area contributed by atoms with Gasteiger partial charge in [-0.3, -0.25) is 10.1 Å². The number of ether oxygens (including phenoxy) is 2. The molecular weight excluding hydrogens is 534 g/mol. The number of aromatic nitrogens is 2. The molecule has 7 nitrogen and oxygen atoms in total. The number of esters is 1. The minimum absolute atomic E-state index is 0.0721. The van der Waals surface area contributed by atoms with E-state index in [4.69, 9.17) is 21.1 Å². The molecule has 0 unspecified atom stereocenters. The van der Waals surface area contributed by atoms with E-state index in [-0.39, 0.29) is 19.1 Å². The molecule has 0 bridgehead atoms. The maximum absolute atomic E-state index is 12.5. The molecule has 0 spiro atoms. The molecule has 0 fully saturated rings. The van der Waals surface area contributed by atoms with Crippen molar-refractivity contribution < 1.29 is 19.1 Å². The zero-order valence-electron chi connectivity index (χ0n) is 21.4. The van der Waals surface area contributed by atoms with Crippen LogP contribution in [0.15, 0.2) is 79.0 Å². The van der Waals surface area contributed by atoms with Crippen molar-refractivity contribution in [3.8, 4) is 21.6 Å². The molecule has 0 aliphatic rings. The second kappa shape index (κ2) is 11.7. The number of anilines is 1. The second-order valence-electron chi connectivity index (χ2n) is 8.86. The van der Waals surface area contributed by atoms with Crippen molar-refractivity contribution in [2.24, 2.45) is 0 Å². The lowest BCUT2D eigenvalue weighted by atomic mass is 10.0. The van der Waals surface area contributed by atoms with Gasteiger partial charge in [0, 0.05) is 27.7 Å². The van der Waals surface area contributed by atoms with E-state index in [0.717, 1.165) is 38.0 Å². The van der Waals surface area contributed by atoms with Gasteiger partial charge in [0.15, 0.2) is 0 Å². The molecule has 0 saturated heterocycles. The Morgan fingerprint density at radius 2 is 1.72 bits per heavy atom. The molecule has 0 aliphatic carbocycles. The first kappa shape index (κ1) is 26.5. The van der Waals surface area contributed by atoms with E-state index in [1.54, 1.807) is 13.0 Å². The van der Waals surface area contributed by atoms with Gasteiger partial charge in [-0.25, -0.2) is 4.79 Å². The van der Waals surface area contributed by atoms with Crippen molar-refractivity contribution in [2.75, 3.05) is 11.9 Å². The lowest BCUT2D eigenvalue weighted by Crippen LogP contribution is -2.14. The number of carbonyl (C=O) groups excluding carboxylic acids is 2. The standard InChI is InChI=1S/C30H26ClN3O4S/c1-3-37-27(35)17-34-15-14-23-16-22(12-13-26(23)34)20-8-10-21(11-9-20)29-28(19(2)33-39-29)32-30(36)38-18-24-6-4-5-7-25(24)31/h4-16H,3,17-18H2,1-2H3,(H,32,36). The number of rotatable bonds is 8. The number of nitrogens with one attached hydrogen (secondary N) is 1. The van der Waals surface area contributed by atoms with Crippen molar-refractivity contribution in [3.05, 3.63) is 95.3 Å². The summed E-state index contributed by atoms with van der Waals surface area (Å²) in [6.07, 6.45) is 1.33. The first-order valence-electron chi connectivity index (χ1n) is 12.4. The quantitative estimate of drug-likeness (QED) is 0.197. The molecule has 2 heterocycles. The van der Waals surface area contributed by atoms with Crippen LogP contribution in [-0.4, -0.2) is 27.6 Å². The number of benzene rings is 3. The fraction of sp³-hybridized carbons (Fsp3) is 0.167. The van der Waals surface area contributed by atoms with Crippen LogP contribution in [0.25, 0.3) is 32.5 Å². The van der Waals surface area contributed by atoms with Crippen molar-refractivity contribution in [1.82, 2.24) is 8.94 Å². The highest BCUT2D eigenvalue weighted by Gasteiger charge is 2.17. The van der Waals surface area contributed by atoms with Gasteiger partial charge >= 0.3 is 12.1 Å². The molecule has 0 atom stereocenters. The Kier molecular flexibility index (Phi) is 7.95. The van der Waals surface area contributed by atoms with Gasteiger partial charge in [-0.2, -0.15) is 4.37 Å². The van der Waals surface area contributed by atoms with Crippen molar-refractivity contribution >= 4 is 51.8 Å². The maximum Gasteiger partial charge on any atom is 0.412 e. The Balaban J connectivity index is 1.30. The zero-order chi connectivity index (χ0) is 27.4. The van der Waals surface area contributed by atoms with Gasteiger partial charge in [-0.05, 0) is 66.3 Å². The number of nitrogens with zero attached hydrogens (tertiary/aromatic N) is 2. The molecular formula is C30H26ClN3O4S. The maximum atomic E-state index is 12.5. The van der Waals surface area contributed by atoms with E-state index in [2.05, 4.69) is 15.8 Å². The smallest absolute Gasteiger partial charge is 0.412 e. The molecule has 0 aliphatic heterocycles. The van der Waals surface area contributed by atoms with Crippen LogP contribution in [0.5, 0.6) is 0 Å². The number of aryl methyl sites for hydroxylation is 1. The van der Waals surface area contributed by atoms with E-state index in [1.807, 2.05) is 78.4 Å². The molecule has 3 aromatic carbocycles. The van der Waals surface area contributed by atoms with Crippen LogP contribution in [-0.2, 0) is 27.4 Å². The number of hydrogen-bond acceptors (Lipinski definition) is 6. The molecule has 198 valence electrons. The molecule has 1 N–H and O–H groups in total. The molecule has 1 amide bonds. The Hall–Kier alpha value is -4.14. The minimum Gasteiger partial charge on any atom is -0.465 e. The van der Waals surface area contributed by atoms with Gasteiger partial charge in [0.2, 0.25) is 0 Å². The van der Waals surface area contributed by atoms with Gasteiger partial charge in [0.05, 0.1) is 22.9 Å².